The maximum atomic E-state index is 2.54. The van der Waals surface area contributed by atoms with Crippen LogP contribution in [0.2, 0.25) is 0 Å². The fraction of sp³-hybridized carbons (Fsp3) is 1.00. The molecule has 1 heterocycles. The van der Waals surface area contributed by atoms with Gasteiger partial charge in [0.1, 0.15) is 0 Å². The molecule has 0 spiro atoms. The van der Waals surface area contributed by atoms with E-state index in [1.54, 1.807) is 0 Å². The van der Waals surface area contributed by atoms with Crippen molar-refractivity contribution in [2.24, 2.45) is 0 Å². The van der Waals surface area contributed by atoms with Crippen LogP contribution in [0.15, 0.2) is 0 Å². The molecule has 1 rings (SSSR count). The lowest BCUT2D eigenvalue weighted by Gasteiger charge is -2.11. The number of likely N-dealkylation sites (tertiary alicyclic amines) is 1. The van der Waals surface area contributed by atoms with Crippen LogP contribution >= 0.6 is 0 Å². The van der Waals surface area contributed by atoms with Crippen LogP contribution < -0.4 is 0 Å². The third kappa shape index (κ3) is 8.06. The SMILES string of the molecule is CC.CC.CCCN1CCCC1. The second-order valence-corrected chi connectivity index (χ2v) is 2.55. The zero-order chi connectivity index (χ0) is 9.82. The van der Waals surface area contributed by atoms with Gasteiger partial charge in [-0.3, -0.25) is 0 Å². The second-order valence-electron chi connectivity index (χ2n) is 2.55. The van der Waals surface area contributed by atoms with Crippen molar-refractivity contribution in [3.8, 4) is 0 Å². The molecule has 0 aromatic rings. The minimum absolute atomic E-state index is 1.32. The van der Waals surface area contributed by atoms with Crippen molar-refractivity contribution >= 4 is 0 Å². The summed E-state index contributed by atoms with van der Waals surface area (Å²) in [6, 6.07) is 0. The van der Waals surface area contributed by atoms with Gasteiger partial charge in [0, 0.05) is 0 Å². The molecular formula is C11H27N. The molecule has 0 unspecified atom stereocenters. The molecule has 0 amide bonds. The van der Waals surface area contributed by atoms with Crippen LogP contribution in [0, 0.1) is 0 Å². The Morgan fingerprint density at radius 1 is 0.917 bits per heavy atom. The normalized spacial score (nSPS) is 15.8. The summed E-state index contributed by atoms with van der Waals surface area (Å²) in [6.07, 6.45) is 4.18. The first kappa shape index (κ1) is 14.5. The van der Waals surface area contributed by atoms with Crippen LogP contribution in [-0.4, -0.2) is 24.5 Å². The van der Waals surface area contributed by atoms with E-state index in [1.807, 2.05) is 27.7 Å². The van der Waals surface area contributed by atoms with E-state index in [0.717, 1.165) is 0 Å². The average Bonchev–Trinajstić information content (AvgIpc) is 2.65. The lowest BCUT2D eigenvalue weighted by atomic mass is 10.4. The molecule has 1 heteroatoms. The molecule has 76 valence electrons. The zero-order valence-electron chi connectivity index (χ0n) is 9.69. The van der Waals surface area contributed by atoms with Gasteiger partial charge in [0.25, 0.3) is 0 Å². The first-order chi connectivity index (χ1) is 5.93. The number of rotatable bonds is 2. The zero-order valence-corrected chi connectivity index (χ0v) is 9.69. The molecule has 1 fully saturated rings. The largest absolute Gasteiger partial charge is 0.303 e. The second kappa shape index (κ2) is 13.5. The molecule has 0 aromatic carbocycles. The Kier molecular flexibility index (Phi) is 16.3. The van der Waals surface area contributed by atoms with Gasteiger partial charge in [0.15, 0.2) is 0 Å². The summed E-state index contributed by atoms with van der Waals surface area (Å²) in [6.45, 7) is 14.3. The summed E-state index contributed by atoms with van der Waals surface area (Å²) in [5.41, 5.74) is 0. The molecule has 1 aliphatic rings. The fourth-order valence-electron chi connectivity index (χ4n) is 1.32. The highest BCUT2D eigenvalue weighted by atomic mass is 15.1. The molecule has 1 saturated heterocycles. The van der Waals surface area contributed by atoms with Crippen LogP contribution in [0.1, 0.15) is 53.9 Å². The van der Waals surface area contributed by atoms with E-state index in [0.29, 0.717) is 0 Å². The molecule has 0 aliphatic carbocycles. The van der Waals surface area contributed by atoms with Crippen molar-refractivity contribution in [3.63, 3.8) is 0 Å². The average molecular weight is 173 g/mol. The number of hydrogen-bond acceptors (Lipinski definition) is 1. The van der Waals surface area contributed by atoms with E-state index in [2.05, 4.69) is 11.8 Å². The summed E-state index contributed by atoms with van der Waals surface area (Å²) < 4.78 is 0. The van der Waals surface area contributed by atoms with Gasteiger partial charge in [-0.25, -0.2) is 0 Å². The smallest absolute Gasteiger partial charge is 0.00183 e. The maximum Gasteiger partial charge on any atom is -0.00183 e. The Morgan fingerprint density at radius 3 is 1.67 bits per heavy atom. The number of hydrogen-bond donors (Lipinski definition) is 0. The molecule has 0 N–H and O–H groups in total. The van der Waals surface area contributed by atoms with E-state index in [9.17, 15) is 0 Å². The Hall–Kier alpha value is -0.0400. The van der Waals surface area contributed by atoms with Gasteiger partial charge in [-0.2, -0.15) is 0 Å². The van der Waals surface area contributed by atoms with Gasteiger partial charge < -0.3 is 4.90 Å². The molecule has 0 saturated carbocycles. The summed E-state index contributed by atoms with van der Waals surface area (Å²) >= 11 is 0. The van der Waals surface area contributed by atoms with Crippen LogP contribution in [0.4, 0.5) is 0 Å². The molecule has 12 heavy (non-hydrogen) atoms. The van der Waals surface area contributed by atoms with Gasteiger partial charge in [-0.05, 0) is 38.9 Å². The standard InChI is InChI=1S/C7H15N.2C2H6/c1-2-5-8-6-3-4-7-8;2*1-2/h2-7H2,1H3;2*1-2H3. The first-order valence-corrected chi connectivity index (χ1v) is 5.66. The maximum absolute atomic E-state index is 2.54. The van der Waals surface area contributed by atoms with Crippen LogP contribution in [0.25, 0.3) is 0 Å². The van der Waals surface area contributed by atoms with E-state index < -0.39 is 0 Å². The van der Waals surface area contributed by atoms with Crippen molar-refractivity contribution in [3.05, 3.63) is 0 Å². The minimum Gasteiger partial charge on any atom is -0.303 e. The lowest BCUT2D eigenvalue weighted by Crippen LogP contribution is -2.19. The molecule has 0 aromatic heterocycles. The fourth-order valence-corrected chi connectivity index (χ4v) is 1.32. The van der Waals surface area contributed by atoms with Crippen molar-refractivity contribution in [2.45, 2.75) is 53.9 Å². The van der Waals surface area contributed by atoms with Gasteiger partial charge in [-0.1, -0.05) is 34.6 Å². The summed E-state index contributed by atoms with van der Waals surface area (Å²) in [5.74, 6) is 0. The lowest BCUT2D eigenvalue weighted by molar-refractivity contribution is 0.339. The van der Waals surface area contributed by atoms with Crippen molar-refractivity contribution < 1.29 is 0 Å². The highest BCUT2D eigenvalue weighted by molar-refractivity contribution is 4.64. The molecular weight excluding hydrogens is 146 g/mol. The summed E-state index contributed by atoms with van der Waals surface area (Å²) in [5, 5.41) is 0. The highest BCUT2D eigenvalue weighted by Crippen LogP contribution is 2.06. The predicted molar refractivity (Wildman–Crippen MR) is 58.7 cm³/mol. The Balaban J connectivity index is 0. The topological polar surface area (TPSA) is 3.24 Å². The Labute approximate surface area is 79.2 Å². The first-order valence-electron chi connectivity index (χ1n) is 5.66. The Morgan fingerprint density at radius 2 is 1.33 bits per heavy atom. The molecule has 0 atom stereocenters. The highest BCUT2D eigenvalue weighted by Gasteiger charge is 2.08. The van der Waals surface area contributed by atoms with Crippen molar-refractivity contribution in [1.82, 2.24) is 4.90 Å². The van der Waals surface area contributed by atoms with Crippen LogP contribution in [-0.2, 0) is 0 Å². The van der Waals surface area contributed by atoms with Crippen LogP contribution in [0.5, 0.6) is 0 Å². The number of nitrogens with zero attached hydrogens (tertiary/aromatic N) is 1. The summed E-state index contributed by atoms with van der Waals surface area (Å²) in [4.78, 5) is 2.54. The Bertz CT molecular complexity index is 56.0. The van der Waals surface area contributed by atoms with Crippen molar-refractivity contribution in [1.29, 1.82) is 0 Å². The van der Waals surface area contributed by atoms with Gasteiger partial charge in [-0.15, -0.1) is 0 Å². The van der Waals surface area contributed by atoms with Crippen LogP contribution in [0.3, 0.4) is 0 Å². The van der Waals surface area contributed by atoms with E-state index in [4.69, 9.17) is 0 Å². The third-order valence-electron chi connectivity index (χ3n) is 1.74. The molecule has 0 radical (unpaired) electrons. The molecule has 0 bridgehead atoms. The van der Waals surface area contributed by atoms with Gasteiger partial charge in [0.2, 0.25) is 0 Å². The molecule has 1 nitrogen and oxygen atoms in total. The van der Waals surface area contributed by atoms with Gasteiger partial charge in [0.05, 0.1) is 0 Å². The van der Waals surface area contributed by atoms with E-state index >= 15 is 0 Å². The molecule has 1 aliphatic heterocycles. The van der Waals surface area contributed by atoms with E-state index in [-0.39, 0.29) is 0 Å². The minimum atomic E-state index is 1.32. The summed E-state index contributed by atoms with van der Waals surface area (Å²) in [7, 11) is 0. The predicted octanol–water partition coefficient (Wildman–Crippen LogP) is 3.54. The van der Waals surface area contributed by atoms with E-state index in [1.165, 1.54) is 38.9 Å². The third-order valence-corrected chi connectivity index (χ3v) is 1.74. The quantitative estimate of drug-likeness (QED) is 0.617. The monoisotopic (exact) mass is 173 g/mol. The van der Waals surface area contributed by atoms with Gasteiger partial charge >= 0.3 is 0 Å². The van der Waals surface area contributed by atoms with Crippen molar-refractivity contribution in [2.75, 3.05) is 19.6 Å².